The van der Waals surface area contributed by atoms with E-state index < -0.39 is 4.87 Å². The van der Waals surface area contributed by atoms with Crippen LogP contribution in [0.3, 0.4) is 0 Å². The monoisotopic (exact) mass is 362 g/mol. The Balaban J connectivity index is 1.64. The summed E-state index contributed by atoms with van der Waals surface area (Å²) >= 11 is 8.28. The van der Waals surface area contributed by atoms with Crippen molar-refractivity contribution < 1.29 is 9.15 Å². The maximum atomic E-state index is 6.83. The van der Waals surface area contributed by atoms with Gasteiger partial charge in [0.1, 0.15) is 11.3 Å². The minimum absolute atomic E-state index is 0.174. The second-order valence-electron chi connectivity index (χ2n) is 5.61. The predicted octanol–water partition coefficient (Wildman–Crippen LogP) is 2.88. The number of nitrogens with two attached hydrogens (primary N) is 1. The van der Waals surface area contributed by atoms with Crippen LogP contribution in [0, 0.1) is 0 Å². The summed E-state index contributed by atoms with van der Waals surface area (Å²) in [5, 5.41) is 0.480. The van der Waals surface area contributed by atoms with Crippen molar-refractivity contribution in [2.45, 2.75) is 21.1 Å². The Morgan fingerprint density at radius 3 is 2.88 bits per heavy atom. The average molecular weight is 363 g/mol. The minimum Gasteiger partial charge on any atom is -0.447 e. The van der Waals surface area contributed by atoms with Gasteiger partial charge in [-0.3, -0.25) is 0 Å². The van der Waals surface area contributed by atoms with Crippen LogP contribution in [0.5, 0.6) is 0 Å². The van der Waals surface area contributed by atoms with Crippen LogP contribution in [0.4, 0.5) is 5.82 Å². The number of aromatic nitrogens is 3. The summed E-state index contributed by atoms with van der Waals surface area (Å²) in [7, 11) is 0. The minimum atomic E-state index is -0.896. The Morgan fingerprint density at radius 2 is 2.17 bits per heavy atom. The fraction of sp³-hybridized carbons (Fsp3) is 0.312. The molecule has 2 unspecified atom stereocenters. The van der Waals surface area contributed by atoms with Crippen molar-refractivity contribution >= 4 is 29.2 Å². The third-order valence-corrected chi connectivity index (χ3v) is 5.95. The zero-order valence-corrected chi connectivity index (χ0v) is 14.2. The molecule has 2 aromatic heterocycles. The molecular weight excluding hydrogens is 348 g/mol. The van der Waals surface area contributed by atoms with Crippen LogP contribution < -0.4 is 5.73 Å². The molecule has 2 atom stereocenters. The van der Waals surface area contributed by atoms with Crippen molar-refractivity contribution in [3.8, 4) is 0 Å². The number of oxazole rings is 1. The zero-order valence-electron chi connectivity index (χ0n) is 12.6. The molecule has 24 heavy (non-hydrogen) atoms. The summed E-state index contributed by atoms with van der Waals surface area (Å²) in [5.41, 5.74) is 6.92. The Bertz CT molecular complexity index is 791. The first-order chi connectivity index (χ1) is 11.7. The quantitative estimate of drug-likeness (QED) is 0.836. The molecule has 3 heterocycles. The lowest BCUT2D eigenvalue weighted by Gasteiger charge is -2.30. The number of nitrogen functional groups attached to an aromatic ring is 1. The molecule has 1 saturated heterocycles. The van der Waals surface area contributed by atoms with Gasteiger partial charge in [-0.05, 0) is 0 Å². The molecular formula is C16H15ClN4O2S. The number of hydrogen-bond donors (Lipinski definition) is 1. The Morgan fingerprint density at radius 1 is 1.29 bits per heavy atom. The van der Waals surface area contributed by atoms with Gasteiger partial charge in [0.15, 0.2) is 10.7 Å². The van der Waals surface area contributed by atoms with Crippen molar-refractivity contribution in [3.05, 3.63) is 54.5 Å². The summed E-state index contributed by atoms with van der Waals surface area (Å²) in [6, 6.07) is 0. The van der Waals surface area contributed by atoms with E-state index in [-0.39, 0.29) is 11.2 Å². The number of hydrogen-bond acceptors (Lipinski definition) is 7. The normalized spacial score (nSPS) is 26.5. The molecule has 2 N–H and O–H groups in total. The van der Waals surface area contributed by atoms with Crippen LogP contribution >= 0.6 is 23.4 Å². The topological polar surface area (TPSA) is 87.1 Å². The highest BCUT2D eigenvalue weighted by Gasteiger charge is 2.41. The maximum absolute atomic E-state index is 6.83. The van der Waals surface area contributed by atoms with Gasteiger partial charge in [0.2, 0.25) is 5.89 Å². The van der Waals surface area contributed by atoms with E-state index in [9.17, 15) is 0 Å². The van der Waals surface area contributed by atoms with E-state index in [1.165, 1.54) is 18.0 Å². The number of thioether (sulfide) groups is 1. The van der Waals surface area contributed by atoms with Crippen LogP contribution in [0.1, 0.15) is 17.5 Å². The highest BCUT2D eigenvalue weighted by molar-refractivity contribution is 8.00. The summed E-state index contributed by atoms with van der Waals surface area (Å²) in [4.78, 5) is 12.3. The molecule has 2 aromatic rings. The number of alkyl halides is 1. The van der Waals surface area contributed by atoms with Crippen LogP contribution in [-0.2, 0) is 9.61 Å². The first kappa shape index (κ1) is 15.7. The molecule has 1 aliphatic carbocycles. The summed E-state index contributed by atoms with van der Waals surface area (Å²) in [6.45, 7) is 1.34. The van der Waals surface area contributed by atoms with Crippen LogP contribution in [0.15, 0.2) is 52.4 Å². The van der Waals surface area contributed by atoms with Crippen molar-refractivity contribution in [2.24, 2.45) is 0 Å². The van der Waals surface area contributed by atoms with E-state index >= 15 is 0 Å². The number of allylic oxidation sites excluding steroid dienone is 3. The molecule has 0 saturated carbocycles. The van der Waals surface area contributed by atoms with Crippen molar-refractivity contribution in [1.29, 1.82) is 0 Å². The molecule has 0 spiro atoms. The molecule has 2 aliphatic rings. The molecule has 0 radical (unpaired) electrons. The number of ether oxygens (including phenoxy) is 1. The fourth-order valence-electron chi connectivity index (χ4n) is 2.53. The molecule has 0 amide bonds. The maximum Gasteiger partial charge on any atom is 0.220 e. The molecule has 6 nitrogen and oxygen atoms in total. The van der Waals surface area contributed by atoms with Gasteiger partial charge >= 0.3 is 0 Å². The van der Waals surface area contributed by atoms with E-state index in [0.29, 0.717) is 29.9 Å². The molecule has 1 fully saturated rings. The van der Waals surface area contributed by atoms with Gasteiger partial charge in [0, 0.05) is 5.92 Å². The number of rotatable bonds is 4. The Hall–Kier alpha value is -1.83. The SMILES string of the molecule is Nc1ncc(C2COC2)nc1SC1C=CC=CC1(Cl)c1ncco1. The van der Waals surface area contributed by atoms with Gasteiger partial charge in [-0.1, -0.05) is 36.1 Å². The van der Waals surface area contributed by atoms with E-state index in [0.717, 1.165) is 5.69 Å². The summed E-state index contributed by atoms with van der Waals surface area (Å²) in [6.07, 6.45) is 12.5. The van der Waals surface area contributed by atoms with Gasteiger partial charge in [-0.15, -0.1) is 11.6 Å². The van der Waals surface area contributed by atoms with Gasteiger partial charge in [-0.25, -0.2) is 15.0 Å². The van der Waals surface area contributed by atoms with Crippen LogP contribution in [-0.4, -0.2) is 33.4 Å². The lowest BCUT2D eigenvalue weighted by atomic mass is 9.99. The number of anilines is 1. The van der Waals surface area contributed by atoms with Crippen LogP contribution in [0.2, 0.25) is 0 Å². The van der Waals surface area contributed by atoms with E-state index in [1.807, 2.05) is 24.3 Å². The Kier molecular flexibility index (Phi) is 4.07. The number of nitrogens with zero attached hydrogens (tertiary/aromatic N) is 3. The van der Waals surface area contributed by atoms with E-state index in [4.69, 9.17) is 26.5 Å². The fourth-order valence-corrected chi connectivity index (χ4v) is 4.00. The molecule has 4 rings (SSSR count). The van der Waals surface area contributed by atoms with Crippen molar-refractivity contribution in [2.75, 3.05) is 18.9 Å². The summed E-state index contributed by atoms with van der Waals surface area (Å²) in [5.74, 6) is 1.11. The molecule has 1 aliphatic heterocycles. The smallest absolute Gasteiger partial charge is 0.220 e. The highest BCUT2D eigenvalue weighted by atomic mass is 35.5. The Labute approximate surface area is 148 Å². The lowest BCUT2D eigenvalue weighted by Crippen LogP contribution is -2.31. The third kappa shape index (κ3) is 2.72. The standard InChI is InChI=1S/C16H15ClN4O2S/c17-16(15-19-5-6-23-15)4-2-1-3-12(16)24-14-13(18)20-7-11(21-14)10-8-22-9-10/h1-7,10,12H,8-9H2,(H2,18,20). The molecule has 124 valence electrons. The zero-order chi connectivity index (χ0) is 16.6. The van der Waals surface area contributed by atoms with E-state index in [1.54, 1.807) is 12.4 Å². The largest absolute Gasteiger partial charge is 0.447 e. The van der Waals surface area contributed by atoms with Gasteiger partial charge in [-0.2, -0.15) is 0 Å². The summed E-state index contributed by atoms with van der Waals surface area (Å²) < 4.78 is 10.7. The van der Waals surface area contributed by atoms with Gasteiger partial charge < -0.3 is 14.9 Å². The lowest BCUT2D eigenvalue weighted by molar-refractivity contribution is 0.00636. The second-order valence-corrected chi connectivity index (χ2v) is 7.36. The van der Waals surface area contributed by atoms with Gasteiger partial charge in [0.25, 0.3) is 0 Å². The second kappa shape index (κ2) is 6.23. The van der Waals surface area contributed by atoms with Gasteiger partial charge in [0.05, 0.1) is 36.6 Å². The van der Waals surface area contributed by atoms with Crippen molar-refractivity contribution in [3.63, 3.8) is 0 Å². The first-order valence-corrected chi connectivity index (χ1v) is 8.74. The predicted molar refractivity (Wildman–Crippen MR) is 92.0 cm³/mol. The molecule has 0 bridgehead atoms. The molecule has 0 aromatic carbocycles. The van der Waals surface area contributed by atoms with Crippen molar-refractivity contribution in [1.82, 2.24) is 15.0 Å². The number of halogens is 1. The third-order valence-electron chi connectivity index (χ3n) is 3.99. The highest BCUT2D eigenvalue weighted by Crippen LogP contribution is 2.45. The first-order valence-electron chi connectivity index (χ1n) is 7.48. The average Bonchev–Trinajstić information content (AvgIpc) is 3.06. The van der Waals surface area contributed by atoms with E-state index in [2.05, 4.69) is 15.0 Å². The van der Waals surface area contributed by atoms with Crippen LogP contribution in [0.25, 0.3) is 0 Å². The molecule has 8 heteroatoms.